The first-order valence-electron chi connectivity index (χ1n) is 10.5. The highest BCUT2D eigenvalue weighted by atomic mass is 35.5. The number of carbonyl (C=O) groups excluding carboxylic acids is 1. The summed E-state index contributed by atoms with van der Waals surface area (Å²) in [5.74, 6) is 0.650. The standard InChI is InChI=1S/C21H30N6O.2ClH/c1-17-19(16-24-27(17)21-22-9-5-10-23-21)20(28)8-15-25-13-6-18(7-14-25)26-11-3-2-4-12-26;;/h5,9-10,16,18H,2-4,6-8,11-15H2,1H3;2*1H. The van der Waals surface area contributed by atoms with Gasteiger partial charge in [-0.15, -0.1) is 24.8 Å². The van der Waals surface area contributed by atoms with Gasteiger partial charge in [0.25, 0.3) is 5.95 Å². The molecule has 0 saturated carbocycles. The molecule has 2 aliphatic rings. The average Bonchev–Trinajstić information content (AvgIpc) is 3.15. The van der Waals surface area contributed by atoms with E-state index in [4.69, 9.17) is 0 Å². The largest absolute Gasteiger partial charge is 0.303 e. The van der Waals surface area contributed by atoms with Crippen molar-refractivity contribution >= 4 is 30.6 Å². The maximum atomic E-state index is 12.7. The van der Waals surface area contributed by atoms with Gasteiger partial charge in [0.1, 0.15) is 0 Å². The van der Waals surface area contributed by atoms with Crippen molar-refractivity contribution in [2.45, 2.75) is 51.5 Å². The molecule has 0 radical (unpaired) electrons. The average molecular weight is 455 g/mol. The minimum absolute atomic E-state index is 0. The molecule has 30 heavy (non-hydrogen) atoms. The van der Waals surface area contributed by atoms with Gasteiger partial charge in [0.2, 0.25) is 0 Å². The Hall–Kier alpha value is -1.54. The molecule has 4 heterocycles. The van der Waals surface area contributed by atoms with Crippen molar-refractivity contribution in [1.82, 2.24) is 29.5 Å². The molecule has 2 aliphatic heterocycles. The molecule has 0 unspecified atom stereocenters. The van der Waals surface area contributed by atoms with Crippen LogP contribution in [-0.4, -0.2) is 74.1 Å². The zero-order valence-corrected chi connectivity index (χ0v) is 19.2. The zero-order chi connectivity index (χ0) is 19.3. The third kappa shape index (κ3) is 5.78. The predicted molar refractivity (Wildman–Crippen MR) is 122 cm³/mol. The Bertz CT molecular complexity index is 786. The summed E-state index contributed by atoms with van der Waals surface area (Å²) in [6.45, 7) is 7.49. The summed E-state index contributed by atoms with van der Waals surface area (Å²) in [5.41, 5.74) is 1.48. The smallest absolute Gasteiger partial charge is 0.250 e. The van der Waals surface area contributed by atoms with Crippen LogP contribution in [-0.2, 0) is 0 Å². The Morgan fingerprint density at radius 1 is 1.03 bits per heavy atom. The number of carbonyl (C=O) groups is 1. The highest BCUT2D eigenvalue weighted by Gasteiger charge is 2.26. The molecule has 9 heteroatoms. The fraction of sp³-hybridized carbons (Fsp3) is 0.619. The quantitative estimate of drug-likeness (QED) is 0.623. The van der Waals surface area contributed by atoms with Crippen molar-refractivity contribution < 1.29 is 4.79 Å². The van der Waals surface area contributed by atoms with E-state index in [1.54, 1.807) is 29.3 Å². The molecular weight excluding hydrogens is 423 g/mol. The van der Waals surface area contributed by atoms with Crippen molar-refractivity contribution in [3.63, 3.8) is 0 Å². The topological polar surface area (TPSA) is 67.2 Å². The second kappa shape index (κ2) is 11.7. The first kappa shape index (κ1) is 24.7. The van der Waals surface area contributed by atoms with Gasteiger partial charge in [-0.25, -0.2) is 14.6 Å². The Morgan fingerprint density at radius 2 is 1.70 bits per heavy atom. The summed E-state index contributed by atoms with van der Waals surface area (Å²) in [5, 5.41) is 4.32. The number of ketones is 1. The molecule has 2 fully saturated rings. The van der Waals surface area contributed by atoms with Crippen LogP contribution in [0, 0.1) is 6.92 Å². The number of nitrogens with zero attached hydrogens (tertiary/aromatic N) is 6. The van der Waals surface area contributed by atoms with Crippen LogP contribution in [0.4, 0.5) is 0 Å². The second-order valence-corrected chi connectivity index (χ2v) is 7.95. The zero-order valence-electron chi connectivity index (χ0n) is 17.6. The molecule has 166 valence electrons. The third-order valence-electron chi connectivity index (χ3n) is 6.17. The van der Waals surface area contributed by atoms with E-state index in [1.807, 2.05) is 6.92 Å². The Balaban J connectivity index is 0.00000160. The lowest BCUT2D eigenvalue weighted by atomic mass is 9.99. The van der Waals surface area contributed by atoms with Crippen molar-refractivity contribution in [2.24, 2.45) is 0 Å². The van der Waals surface area contributed by atoms with Crippen LogP contribution in [0.25, 0.3) is 5.95 Å². The normalized spacial score (nSPS) is 18.4. The summed E-state index contributed by atoms with van der Waals surface area (Å²) >= 11 is 0. The van der Waals surface area contributed by atoms with Gasteiger partial charge < -0.3 is 9.80 Å². The summed E-state index contributed by atoms with van der Waals surface area (Å²) in [7, 11) is 0. The minimum atomic E-state index is 0. The molecule has 0 aliphatic carbocycles. The monoisotopic (exact) mass is 454 g/mol. The van der Waals surface area contributed by atoms with E-state index in [-0.39, 0.29) is 30.6 Å². The molecular formula is C21H32Cl2N6O. The fourth-order valence-corrected chi connectivity index (χ4v) is 4.47. The van der Waals surface area contributed by atoms with Crippen LogP contribution in [0.15, 0.2) is 24.7 Å². The van der Waals surface area contributed by atoms with Crippen LogP contribution < -0.4 is 0 Å². The van der Waals surface area contributed by atoms with E-state index in [2.05, 4.69) is 24.9 Å². The van der Waals surface area contributed by atoms with Gasteiger partial charge in [-0.2, -0.15) is 5.10 Å². The SMILES string of the molecule is Cc1c(C(=O)CCN2CCC(N3CCCCC3)CC2)cnn1-c1ncccn1.Cl.Cl. The third-order valence-corrected chi connectivity index (χ3v) is 6.17. The first-order chi connectivity index (χ1) is 13.7. The molecule has 0 aromatic carbocycles. The van der Waals surface area contributed by atoms with Crippen LogP contribution in [0.5, 0.6) is 0 Å². The van der Waals surface area contributed by atoms with Gasteiger partial charge in [0.05, 0.1) is 17.5 Å². The summed E-state index contributed by atoms with van der Waals surface area (Å²) in [4.78, 5) is 26.3. The lowest BCUT2D eigenvalue weighted by Crippen LogP contribution is -2.47. The Labute approximate surface area is 191 Å². The molecule has 0 spiro atoms. The van der Waals surface area contributed by atoms with E-state index in [0.717, 1.165) is 31.4 Å². The maximum absolute atomic E-state index is 12.7. The molecule has 2 saturated heterocycles. The molecule has 0 N–H and O–H groups in total. The second-order valence-electron chi connectivity index (χ2n) is 7.95. The summed E-state index contributed by atoms with van der Waals surface area (Å²) in [6.07, 6.45) is 12.1. The van der Waals surface area contributed by atoms with Gasteiger partial charge in [-0.1, -0.05) is 6.42 Å². The summed E-state index contributed by atoms with van der Waals surface area (Å²) in [6, 6.07) is 2.52. The highest BCUT2D eigenvalue weighted by molar-refractivity contribution is 5.97. The molecule has 0 amide bonds. The van der Waals surface area contributed by atoms with Crippen LogP contribution in [0.2, 0.25) is 0 Å². The van der Waals surface area contributed by atoms with E-state index in [9.17, 15) is 4.79 Å². The lowest BCUT2D eigenvalue weighted by molar-refractivity contribution is 0.0847. The number of Topliss-reactive ketones (excluding diaryl/α,β-unsaturated/α-hetero) is 1. The number of rotatable bonds is 6. The molecule has 0 atom stereocenters. The van der Waals surface area contributed by atoms with Crippen LogP contribution in [0.3, 0.4) is 0 Å². The van der Waals surface area contributed by atoms with Crippen molar-refractivity contribution in [1.29, 1.82) is 0 Å². The number of halogens is 2. The molecule has 4 rings (SSSR count). The summed E-state index contributed by atoms with van der Waals surface area (Å²) < 4.78 is 1.64. The van der Waals surface area contributed by atoms with E-state index < -0.39 is 0 Å². The van der Waals surface area contributed by atoms with Gasteiger partial charge in [0.15, 0.2) is 5.78 Å². The van der Waals surface area contributed by atoms with Crippen LogP contribution in [0.1, 0.15) is 54.6 Å². The van der Waals surface area contributed by atoms with Crippen LogP contribution >= 0.6 is 24.8 Å². The van der Waals surface area contributed by atoms with Gasteiger partial charge in [-0.05, 0) is 64.9 Å². The van der Waals surface area contributed by atoms with E-state index >= 15 is 0 Å². The van der Waals surface area contributed by atoms with E-state index in [1.165, 1.54) is 45.2 Å². The number of piperidine rings is 2. The molecule has 2 aromatic heterocycles. The first-order valence-corrected chi connectivity index (χ1v) is 10.5. The van der Waals surface area contributed by atoms with E-state index in [0.29, 0.717) is 17.9 Å². The maximum Gasteiger partial charge on any atom is 0.250 e. The minimum Gasteiger partial charge on any atom is -0.303 e. The van der Waals surface area contributed by atoms with Crippen molar-refractivity contribution in [2.75, 3.05) is 32.7 Å². The fourth-order valence-electron chi connectivity index (χ4n) is 4.47. The molecule has 2 aromatic rings. The Morgan fingerprint density at radius 3 is 2.37 bits per heavy atom. The number of hydrogen-bond donors (Lipinski definition) is 0. The number of likely N-dealkylation sites (tertiary alicyclic amines) is 2. The highest BCUT2D eigenvalue weighted by Crippen LogP contribution is 2.21. The van der Waals surface area contributed by atoms with Crippen molar-refractivity contribution in [3.8, 4) is 5.95 Å². The van der Waals surface area contributed by atoms with Gasteiger partial charge >= 0.3 is 0 Å². The molecule has 7 nitrogen and oxygen atoms in total. The van der Waals surface area contributed by atoms with Crippen molar-refractivity contribution in [3.05, 3.63) is 35.9 Å². The number of hydrogen-bond acceptors (Lipinski definition) is 6. The van der Waals surface area contributed by atoms with Gasteiger partial charge in [0, 0.05) is 31.4 Å². The predicted octanol–water partition coefficient (Wildman–Crippen LogP) is 3.34. The van der Waals surface area contributed by atoms with Gasteiger partial charge in [-0.3, -0.25) is 4.79 Å². The molecule has 0 bridgehead atoms. The lowest BCUT2D eigenvalue weighted by Gasteiger charge is -2.40. The Kier molecular flexibility index (Phi) is 9.68. The number of aromatic nitrogens is 4.